The lowest BCUT2D eigenvalue weighted by Gasteiger charge is -2.22. The largest absolute Gasteiger partial charge is 0.519 e. The minimum absolute atomic E-state index is 0.0106. The second-order valence-electron chi connectivity index (χ2n) is 6.09. The molecule has 0 aromatic carbocycles. The maximum absolute atomic E-state index is 12.4. The van der Waals surface area contributed by atoms with Crippen LogP contribution in [0.4, 0.5) is 4.79 Å². The molecule has 0 bridgehead atoms. The van der Waals surface area contributed by atoms with E-state index in [1.54, 1.807) is 0 Å². The van der Waals surface area contributed by atoms with Gasteiger partial charge in [-0.05, 0) is 32.5 Å². The molecule has 162 valence electrons. The average Bonchev–Trinajstić information content (AvgIpc) is 2.92. The van der Waals surface area contributed by atoms with Crippen LogP contribution in [0.25, 0.3) is 0 Å². The number of esters is 2. The van der Waals surface area contributed by atoms with Crippen molar-refractivity contribution in [3.05, 3.63) is 22.1 Å². The minimum atomic E-state index is -1.24. The highest BCUT2D eigenvalue weighted by atomic mass is 32.2. The third-order valence-electron chi connectivity index (χ3n) is 3.13. The number of hydrogen-bond acceptors (Lipinski definition) is 12. The summed E-state index contributed by atoms with van der Waals surface area (Å²) in [4.78, 5) is 57.9. The second-order valence-corrected chi connectivity index (χ2v) is 8.16. The molecule has 1 aromatic rings. The first-order valence-electron chi connectivity index (χ1n) is 8.12. The molecule has 1 heterocycles. The van der Waals surface area contributed by atoms with Gasteiger partial charge in [0.1, 0.15) is 6.04 Å². The Balaban J connectivity index is 2.71. The van der Waals surface area contributed by atoms with Gasteiger partial charge >= 0.3 is 23.1 Å². The van der Waals surface area contributed by atoms with E-state index < -0.39 is 53.2 Å². The minimum Gasteiger partial charge on any atom is -0.456 e. The summed E-state index contributed by atoms with van der Waals surface area (Å²) in [6, 6.07) is -1.24. The summed E-state index contributed by atoms with van der Waals surface area (Å²) < 4.78 is 22.4. The van der Waals surface area contributed by atoms with Crippen molar-refractivity contribution in [2.24, 2.45) is 0 Å². The van der Waals surface area contributed by atoms with E-state index in [9.17, 15) is 24.0 Å². The van der Waals surface area contributed by atoms with Gasteiger partial charge in [-0.1, -0.05) is 0 Å². The van der Waals surface area contributed by atoms with Crippen LogP contribution >= 0.6 is 24.4 Å². The summed E-state index contributed by atoms with van der Waals surface area (Å²) >= 11 is 4.68. The fraction of sp³-hybridized carbons (Fsp3) is 0.562. The molecule has 13 heteroatoms. The number of nitrogens with one attached hydrogen (secondary N) is 1. The number of thiol groups is 1. The van der Waals surface area contributed by atoms with E-state index in [-0.39, 0.29) is 17.3 Å². The predicted molar refractivity (Wildman–Crippen MR) is 102 cm³/mol. The number of rotatable bonds is 9. The van der Waals surface area contributed by atoms with E-state index in [0.717, 1.165) is 6.92 Å². The molecule has 11 nitrogen and oxygen atoms in total. The van der Waals surface area contributed by atoms with Crippen LogP contribution in [-0.4, -0.2) is 46.5 Å². The molecule has 0 aliphatic carbocycles. The van der Waals surface area contributed by atoms with Gasteiger partial charge in [-0.25, -0.2) is 14.4 Å². The van der Waals surface area contributed by atoms with Crippen molar-refractivity contribution in [2.45, 2.75) is 45.1 Å². The number of amides is 1. The van der Waals surface area contributed by atoms with Crippen molar-refractivity contribution in [3.8, 4) is 0 Å². The van der Waals surface area contributed by atoms with E-state index in [2.05, 4.69) is 31.8 Å². The van der Waals surface area contributed by atoms with Crippen LogP contribution in [0.3, 0.4) is 0 Å². The van der Waals surface area contributed by atoms with E-state index in [1.165, 1.54) is 20.8 Å². The molecule has 29 heavy (non-hydrogen) atoms. The fourth-order valence-electron chi connectivity index (χ4n) is 1.60. The third kappa shape index (κ3) is 9.09. The highest BCUT2D eigenvalue weighted by Gasteiger charge is 2.30. The summed E-state index contributed by atoms with van der Waals surface area (Å²) in [5.41, 5.74) is 0. The molecule has 0 unspecified atom stereocenters. The predicted octanol–water partition coefficient (Wildman–Crippen LogP) is 1.17. The van der Waals surface area contributed by atoms with Crippen molar-refractivity contribution in [2.75, 3.05) is 12.5 Å². The molecule has 1 rings (SSSR count). The number of ether oxygens (including phenoxy) is 3. The van der Waals surface area contributed by atoms with Gasteiger partial charge in [-0.2, -0.15) is 12.6 Å². The summed E-state index contributed by atoms with van der Waals surface area (Å²) in [5.74, 6) is -3.13. The normalized spacial score (nSPS) is 12.0. The second kappa shape index (κ2) is 11.0. The van der Waals surface area contributed by atoms with Crippen LogP contribution in [0.5, 0.6) is 0 Å². The molecule has 0 aliphatic rings. The SMILES string of the molecule is CC(=O)OCOC(=O)SC[C@H](NC(=O)C(C)(C)S)C(=O)OCc1oc(=O)oc1C. The van der Waals surface area contributed by atoms with E-state index in [4.69, 9.17) is 9.15 Å². The van der Waals surface area contributed by atoms with Crippen LogP contribution in [0.1, 0.15) is 32.3 Å². The summed E-state index contributed by atoms with van der Waals surface area (Å²) in [7, 11) is 0. The van der Waals surface area contributed by atoms with E-state index >= 15 is 0 Å². The molecular weight excluding hydrogens is 430 g/mol. The zero-order valence-electron chi connectivity index (χ0n) is 16.1. The Labute approximate surface area is 175 Å². The Kier molecular flexibility index (Phi) is 9.30. The maximum Gasteiger partial charge on any atom is 0.519 e. The molecule has 1 amide bonds. The van der Waals surface area contributed by atoms with Gasteiger partial charge in [0.25, 0.3) is 0 Å². The molecule has 0 saturated carbocycles. The molecule has 1 N–H and O–H groups in total. The Morgan fingerprint density at radius 2 is 1.83 bits per heavy atom. The molecule has 1 atom stereocenters. The van der Waals surface area contributed by atoms with Gasteiger partial charge in [0.05, 0.1) is 4.75 Å². The Bertz CT molecular complexity index is 807. The van der Waals surface area contributed by atoms with Crippen molar-refractivity contribution >= 4 is 47.5 Å². The molecule has 0 fully saturated rings. The lowest BCUT2D eigenvalue weighted by molar-refractivity contribution is -0.149. The van der Waals surface area contributed by atoms with Crippen molar-refractivity contribution in [1.82, 2.24) is 5.32 Å². The van der Waals surface area contributed by atoms with Crippen molar-refractivity contribution in [3.63, 3.8) is 0 Å². The molecule has 1 aromatic heterocycles. The Morgan fingerprint density at radius 1 is 1.17 bits per heavy atom. The van der Waals surface area contributed by atoms with Crippen LogP contribution < -0.4 is 11.1 Å². The average molecular weight is 451 g/mol. The van der Waals surface area contributed by atoms with Crippen molar-refractivity contribution in [1.29, 1.82) is 0 Å². The number of aryl methyl sites for hydroxylation is 1. The van der Waals surface area contributed by atoms with Gasteiger partial charge in [0, 0.05) is 12.7 Å². The van der Waals surface area contributed by atoms with Crippen LogP contribution in [0, 0.1) is 6.92 Å². The zero-order chi connectivity index (χ0) is 22.2. The number of carbonyl (C=O) groups excluding carboxylic acids is 4. The monoisotopic (exact) mass is 451 g/mol. The van der Waals surface area contributed by atoms with E-state index in [0.29, 0.717) is 11.8 Å². The summed E-state index contributed by atoms with van der Waals surface area (Å²) in [6.07, 6.45) is 0. The number of carbonyl (C=O) groups is 4. The molecule has 0 saturated heterocycles. The van der Waals surface area contributed by atoms with Gasteiger partial charge in [0.2, 0.25) is 12.7 Å². The van der Waals surface area contributed by atoms with E-state index in [1.807, 2.05) is 0 Å². The van der Waals surface area contributed by atoms with Gasteiger partial charge in [-0.15, -0.1) is 0 Å². The van der Waals surface area contributed by atoms with Gasteiger partial charge in [0.15, 0.2) is 18.1 Å². The third-order valence-corrected chi connectivity index (χ3v) is 4.19. The van der Waals surface area contributed by atoms with Gasteiger partial charge in [-0.3, -0.25) is 9.59 Å². The smallest absolute Gasteiger partial charge is 0.456 e. The molecular formula is C16H21NO10S2. The maximum atomic E-state index is 12.4. The first-order chi connectivity index (χ1) is 13.4. The van der Waals surface area contributed by atoms with Gasteiger partial charge < -0.3 is 28.4 Å². The Hall–Kier alpha value is -2.41. The molecule has 0 radical (unpaired) electrons. The van der Waals surface area contributed by atoms with Crippen LogP contribution in [-0.2, 0) is 35.2 Å². The van der Waals surface area contributed by atoms with Crippen molar-refractivity contribution < 1.29 is 42.2 Å². The standard InChI is InChI=1S/C16H21NO10S2/c1-8-11(27-14(21)26-8)5-23-12(19)10(17-13(20)16(3,4)28)6-29-15(22)25-7-24-9(2)18/h10,28H,5-7H2,1-4H3,(H,17,20)/t10-/m0/s1. The first-order valence-corrected chi connectivity index (χ1v) is 9.55. The lowest BCUT2D eigenvalue weighted by atomic mass is 10.2. The Morgan fingerprint density at radius 3 is 2.34 bits per heavy atom. The zero-order valence-corrected chi connectivity index (χ0v) is 17.8. The number of hydrogen-bond donors (Lipinski definition) is 2. The fourth-order valence-corrected chi connectivity index (χ4v) is 2.32. The molecule has 0 aliphatic heterocycles. The van der Waals surface area contributed by atoms with Crippen LogP contribution in [0.15, 0.2) is 13.6 Å². The summed E-state index contributed by atoms with van der Waals surface area (Å²) in [5, 5.41) is 1.59. The first kappa shape index (κ1) is 24.6. The van der Waals surface area contributed by atoms with Crippen LogP contribution in [0.2, 0.25) is 0 Å². The molecule has 0 spiro atoms. The summed E-state index contributed by atoms with van der Waals surface area (Å²) in [6.45, 7) is 4.63. The highest BCUT2D eigenvalue weighted by molar-refractivity contribution is 8.13. The lowest BCUT2D eigenvalue weighted by Crippen LogP contribution is -2.49. The highest BCUT2D eigenvalue weighted by Crippen LogP contribution is 2.15. The topological polar surface area (TPSA) is 151 Å². The quantitative estimate of drug-likeness (QED) is 0.316. The number of thioether (sulfide) groups is 1.